The molecule has 14 heteroatoms. The van der Waals surface area contributed by atoms with E-state index in [1.54, 1.807) is 6.08 Å². The van der Waals surface area contributed by atoms with Crippen LogP contribution in [0.3, 0.4) is 0 Å². The molecule has 1 saturated carbocycles. The monoisotopic (exact) mass is 773 g/mol. The van der Waals surface area contributed by atoms with E-state index in [0.717, 1.165) is 57.8 Å². The van der Waals surface area contributed by atoms with Gasteiger partial charge in [-0.05, 0) is 64.2 Å². The summed E-state index contributed by atoms with van der Waals surface area (Å²) < 4.78 is 22.7. The molecule has 1 rings (SSSR count). The van der Waals surface area contributed by atoms with E-state index in [1.165, 1.54) is 25.3 Å². The zero-order valence-electron chi connectivity index (χ0n) is 31.6. The van der Waals surface area contributed by atoms with E-state index >= 15 is 0 Å². The van der Waals surface area contributed by atoms with Gasteiger partial charge in [0.15, 0.2) is 0 Å². The lowest BCUT2D eigenvalue weighted by atomic mass is 9.85. The van der Waals surface area contributed by atoms with Crippen molar-refractivity contribution in [1.29, 1.82) is 0 Å². The molecule has 0 aromatic heterocycles. The summed E-state index contributed by atoms with van der Waals surface area (Å²) in [5, 5.41) is 73.9. The van der Waals surface area contributed by atoms with Crippen LogP contribution in [0, 0.1) is 0 Å². The zero-order chi connectivity index (χ0) is 39.5. The molecule has 13 nitrogen and oxygen atoms in total. The molecule has 0 aromatic carbocycles. The Bertz CT molecular complexity index is 1150. The van der Waals surface area contributed by atoms with Gasteiger partial charge >= 0.3 is 7.82 Å². The number of aliphatic hydroxyl groups excluding tert-OH is 7. The van der Waals surface area contributed by atoms with Crippen LogP contribution < -0.4 is 5.32 Å². The summed E-state index contributed by atoms with van der Waals surface area (Å²) in [5.41, 5.74) is 0. The highest BCUT2D eigenvalue weighted by atomic mass is 31.2. The second-order valence-electron chi connectivity index (χ2n) is 13.6. The first kappa shape index (κ1) is 49.0. The van der Waals surface area contributed by atoms with Gasteiger partial charge in [0.05, 0.1) is 31.3 Å². The minimum absolute atomic E-state index is 0.273. The molecule has 0 bridgehead atoms. The van der Waals surface area contributed by atoms with Crippen molar-refractivity contribution in [2.24, 2.45) is 0 Å². The number of amides is 1. The number of aliphatic hydroxyl groups is 7. The van der Waals surface area contributed by atoms with Crippen molar-refractivity contribution in [1.82, 2.24) is 5.32 Å². The molecule has 0 spiro atoms. The van der Waals surface area contributed by atoms with E-state index in [-0.39, 0.29) is 6.42 Å². The normalized spacial score (nSPS) is 25.5. The predicted octanol–water partition coefficient (Wildman–Crippen LogP) is 4.58. The third-order valence-electron chi connectivity index (χ3n) is 8.84. The summed E-state index contributed by atoms with van der Waals surface area (Å²) in [4.78, 5) is 23.2. The maximum absolute atomic E-state index is 12.9. The molecule has 8 atom stereocenters. The number of hydrogen-bond donors (Lipinski definition) is 9. The first-order valence-corrected chi connectivity index (χ1v) is 20.8. The lowest BCUT2D eigenvalue weighted by molar-refractivity contribution is -0.220. The van der Waals surface area contributed by atoms with Crippen LogP contribution in [0.5, 0.6) is 0 Å². The highest BCUT2D eigenvalue weighted by Gasteiger charge is 2.51. The lowest BCUT2D eigenvalue weighted by Gasteiger charge is -2.41. The van der Waals surface area contributed by atoms with Gasteiger partial charge in [0.2, 0.25) is 5.91 Å². The van der Waals surface area contributed by atoms with Crippen LogP contribution in [0.4, 0.5) is 0 Å². The SMILES string of the molecule is CC/C=C/CC/C=C/CC/C=C/C(O)C(COP(=O)(O)OC1C(O)C(O)C(O)C(O)C1O)NC(=O)CC(O)CCCCCC/C=C\C=C/CCCCC. The molecule has 53 heavy (non-hydrogen) atoms. The summed E-state index contributed by atoms with van der Waals surface area (Å²) in [7, 11) is -5.15. The number of hydrogen-bond acceptors (Lipinski definition) is 11. The third kappa shape index (κ3) is 22.2. The minimum Gasteiger partial charge on any atom is -0.393 e. The van der Waals surface area contributed by atoms with Crippen molar-refractivity contribution in [2.75, 3.05) is 6.61 Å². The number of carbonyl (C=O) groups excluding carboxylic acids is 1. The van der Waals surface area contributed by atoms with Crippen molar-refractivity contribution in [3.05, 3.63) is 60.8 Å². The smallest absolute Gasteiger partial charge is 0.393 e. The van der Waals surface area contributed by atoms with Crippen LogP contribution >= 0.6 is 7.82 Å². The summed E-state index contributed by atoms with van der Waals surface area (Å²) in [5.74, 6) is -0.626. The van der Waals surface area contributed by atoms with Gasteiger partial charge in [-0.15, -0.1) is 0 Å². The van der Waals surface area contributed by atoms with E-state index in [9.17, 15) is 50.0 Å². The average molecular weight is 774 g/mol. The summed E-state index contributed by atoms with van der Waals surface area (Å²) >= 11 is 0. The Labute approximate surface area is 316 Å². The third-order valence-corrected chi connectivity index (χ3v) is 9.83. The fourth-order valence-electron chi connectivity index (χ4n) is 5.62. The molecule has 0 heterocycles. The molecular weight excluding hydrogens is 705 g/mol. The number of phosphoric ester groups is 1. The number of unbranched alkanes of at least 4 members (excludes halogenated alkanes) is 9. The molecule has 1 fully saturated rings. The fraction of sp³-hybridized carbons (Fsp3) is 0.718. The molecule has 0 radical (unpaired) electrons. The van der Waals surface area contributed by atoms with Gasteiger partial charge < -0.3 is 46.0 Å². The second-order valence-corrected chi connectivity index (χ2v) is 15.0. The summed E-state index contributed by atoms with van der Waals surface area (Å²) in [6.07, 6.45) is 19.2. The number of allylic oxidation sites excluding steroid dienone is 9. The Morgan fingerprint density at radius 3 is 1.81 bits per heavy atom. The Morgan fingerprint density at radius 1 is 0.698 bits per heavy atom. The largest absolute Gasteiger partial charge is 0.472 e. The van der Waals surface area contributed by atoms with Crippen LogP contribution in [0.2, 0.25) is 0 Å². The Morgan fingerprint density at radius 2 is 1.23 bits per heavy atom. The summed E-state index contributed by atoms with van der Waals surface area (Å²) in [6, 6.07) is -1.27. The minimum atomic E-state index is -5.15. The molecular formula is C39H68NO12P. The van der Waals surface area contributed by atoms with Crippen molar-refractivity contribution >= 4 is 13.7 Å². The average Bonchev–Trinajstić information content (AvgIpc) is 3.12. The fourth-order valence-corrected chi connectivity index (χ4v) is 6.59. The topological polar surface area (TPSA) is 226 Å². The molecule has 306 valence electrons. The molecule has 1 amide bonds. The number of phosphoric acid groups is 1. The van der Waals surface area contributed by atoms with Gasteiger partial charge in [-0.25, -0.2) is 4.57 Å². The predicted molar refractivity (Wildman–Crippen MR) is 206 cm³/mol. The Balaban J connectivity index is 2.69. The van der Waals surface area contributed by atoms with Crippen LogP contribution in [0.15, 0.2) is 60.8 Å². The molecule has 0 aromatic rings. The highest BCUT2D eigenvalue weighted by molar-refractivity contribution is 7.47. The first-order chi connectivity index (χ1) is 25.3. The first-order valence-electron chi connectivity index (χ1n) is 19.3. The number of rotatable bonds is 29. The van der Waals surface area contributed by atoms with Gasteiger partial charge in [-0.2, -0.15) is 0 Å². The van der Waals surface area contributed by atoms with Crippen molar-refractivity contribution in [3.8, 4) is 0 Å². The molecule has 1 aliphatic carbocycles. The second kappa shape index (κ2) is 29.3. The van der Waals surface area contributed by atoms with E-state index in [4.69, 9.17) is 9.05 Å². The number of nitrogens with one attached hydrogen (secondary N) is 1. The highest BCUT2D eigenvalue weighted by Crippen LogP contribution is 2.47. The zero-order valence-corrected chi connectivity index (χ0v) is 32.5. The van der Waals surface area contributed by atoms with Gasteiger partial charge in [0, 0.05) is 0 Å². The van der Waals surface area contributed by atoms with Gasteiger partial charge in [-0.1, -0.05) is 107 Å². The van der Waals surface area contributed by atoms with Crippen molar-refractivity contribution in [3.63, 3.8) is 0 Å². The quantitative estimate of drug-likeness (QED) is 0.0221. The van der Waals surface area contributed by atoms with Gasteiger partial charge in [0.25, 0.3) is 0 Å². The molecule has 8 unspecified atom stereocenters. The Kier molecular flexibility index (Phi) is 27.1. The maximum Gasteiger partial charge on any atom is 0.472 e. The van der Waals surface area contributed by atoms with Crippen LogP contribution in [-0.2, 0) is 18.4 Å². The molecule has 0 aliphatic heterocycles. The molecule has 1 aliphatic rings. The number of carbonyl (C=O) groups is 1. The lowest BCUT2D eigenvalue weighted by Crippen LogP contribution is -2.64. The standard InChI is InChI=1S/C39H68NO12P/c1-3-5-7-9-11-13-15-16-17-18-20-22-24-26-30(41)28-33(43)40-31(32(42)27-25-23-21-19-14-12-10-8-6-4-2)29-51-53(49,50)52-39-37(47)35(45)34(44)36(46)38(39)48/h6,8,11,13-16,19,25,27,30-32,34-39,41-42,44-48H,3-5,7,9-10,12,17-18,20-24,26,28-29H2,1-2H3,(H,40,43)(H,49,50)/b8-6+,13-11-,16-15-,19-14+,27-25+. The van der Waals surface area contributed by atoms with E-state index < -0.39 is 75.2 Å². The van der Waals surface area contributed by atoms with Crippen LogP contribution in [0.1, 0.15) is 117 Å². The Hall–Kier alpha value is -2.00. The molecule has 9 N–H and O–H groups in total. The van der Waals surface area contributed by atoms with E-state index in [2.05, 4.69) is 61.7 Å². The maximum atomic E-state index is 12.9. The molecule has 0 saturated heterocycles. The summed E-state index contributed by atoms with van der Waals surface area (Å²) in [6.45, 7) is 3.50. The van der Waals surface area contributed by atoms with E-state index in [1.807, 2.05) is 6.08 Å². The van der Waals surface area contributed by atoms with Crippen molar-refractivity contribution in [2.45, 2.75) is 171 Å². The van der Waals surface area contributed by atoms with Crippen LogP contribution in [-0.4, -0.2) is 108 Å². The van der Waals surface area contributed by atoms with Crippen molar-refractivity contribution < 1.29 is 59.0 Å². The van der Waals surface area contributed by atoms with Gasteiger partial charge in [0.1, 0.15) is 36.6 Å². The van der Waals surface area contributed by atoms with Crippen LogP contribution in [0.25, 0.3) is 0 Å². The van der Waals surface area contributed by atoms with E-state index in [0.29, 0.717) is 19.3 Å². The van der Waals surface area contributed by atoms with Gasteiger partial charge in [-0.3, -0.25) is 13.8 Å².